The van der Waals surface area contributed by atoms with Crippen LogP contribution in [-0.2, 0) is 12.8 Å². The summed E-state index contributed by atoms with van der Waals surface area (Å²) in [6.45, 7) is 2.84. The molecule has 0 atom stereocenters. The largest absolute Gasteiger partial charge is 0.370 e. The molecule has 4 heteroatoms. The molecule has 22 heavy (non-hydrogen) atoms. The van der Waals surface area contributed by atoms with Crippen molar-refractivity contribution in [3.8, 4) is 0 Å². The first-order chi connectivity index (χ1) is 10.7. The molecule has 0 unspecified atom stereocenters. The van der Waals surface area contributed by atoms with Gasteiger partial charge in [-0.3, -0.25) is 0 Å². The third kappa shape index (κ3) is 3.69. The molecule has 0 amide bonds. The van der Waals surface area contributed by atoms with Gasteiger partial charge in [0.1, 0.15) is 0 Å². The molecule has 0 fully saturated rings. The van der Waals surface area contributed by atoms with Gasteiger partial charge in [0.15, 0.2) is 5.96 Å². The van der Waals surface area contributed by atoms with Gasteiger partial charge in [-0.25, -0.2) is 4.99 Å². The van der Waals surface area contributed by atoms with Gasteiger partial charge in [0, 0.05) is 18.8 Å². The molecule has 1 aromatic rings. The summed E-state index contributed by atoms with van der Waals surface area (Å²) in [5.41, 5.74) is 11.5. The average molecular weight is 298 g/mol. The van der Waals surface area contributed by atoms with Crippen molar-refractivity contribution in [3.63, 3.8) is 0 Å². The van der Waals surface area contributed by atoms with E-state index in [1.807, 2.05) is 0 Å². The molecule has 1 aliphatic heterocycles. The predicted octanol–water partition coefficient (Wildman–Crippen LogP) is 2.55. The van der Waals surface area contributed by atoms with Gasteiger partial charge < -0.3 is 16.0 Å². The fourth-order valence-electron chi connectivity index (χ4n) is 3.22. The van der Waals surface area contributed by atoms with Crippen LogP contribution in [0.5, 0.6) is 0 Å². The summed E-state index contributed by atoms with van der Waals surface area (Å²) in [7, 11) is 2.14. The van der Waals surface area contributed by atoms with Crippen molar-refractivity contribution in [2.24, 2.45) is 10.7 Å². The highest BCUT2D eigenvalue weighted by molar-refractivity contribution is 5.93. The number of guanidine groups is 1. The molecule has 0 saturated heterocycles. The highest BCUT2D eigenvalue weighted by atomic mass is 15.1. The van der Waals surface area contributed by atoms with Crippen LogP contribution in [0.15, 0.2) is 34.8 Å². The van der Waals surface area contributed by atoms with Gasteiger partial charge in [0.25, 0.3) is 0 Å². The molecule has 1 aromatic carbocycles. The van der Waals surface area contributed by atoms with Gasteiger partial charge >= 0.3 is 0 Å². The Morgan fingerprint density at radius 1 is 1.27 bits per heavy atom. The van der Waals surface area contributed by atoms with Crippen LogP contribution in [0.4, 0.5) is 5.69 Å². The molecule has 4 nitrogen and oxygen atoms in total. The van der Waals surface area contributed by atoms with Crippen LogP contribution in [0.2, 0.25) is 0 Å². The number of nitrogens with one attached hydrogen (secondary N) is 1. The number of aliphatic imine (C=N–C) groups is 1. The molecule has 3 rings (SSSR count). The van der Waals surface area contributed by atoms with Gasteiger partial charge in [-0.1, -0.05) is 23.8 Å². The molecular formula is C18H26N4. The van der Waals surface area contributed by atoms with Crippen molar-refractivity contribution in [1.29, 1.82) is 0 Å². The lowest BCUT2D eigenvalue weighted by molar-refractivity contribution is 0.358. The molecule has 0 radical (unpaired) electrons. The minimum absolute atomic E-state index is 0.527. The molecule has 3 N–H and O–H groups in total. The minimum Gasteiger partial charge on any atom is -0.370 e. The van der Waals surface area contributed by atoms with Crippen molar-refractivity contribution < 1.29 is 0 Å². The summed E-state index contributed by atoms with van der Waals surface area (Å²) in [5.74, 6) is 0.527. The van der Waals surface area contributed by atoms with Gasteiger partial charge in [-0.15, -0.1) is 0 Å². The first-order valence-corrected chi connectivity index (χ1v) is 8.26. The van der Waals surface area contributed by atoms with Crippen molar-refractivity contribution in [2.45, 2.75) is 32.1 Å². The number of nitrogens with two attached hydrogens (primary N) is 1. The van der Waals surface area contributed by atoms with Gasteiger partial charge in [0.2, 0.25) is 0 Å². The van der Waals surface area contributed by atoms with E-state index in [1.54, 1.807) is 0 Å². The second-order valence-corrected chi connectivity index (χ2v) is 6.35. The predicted molar refractivity (Wildman–Crippen MR) is 93.4 cm³/mol. The molecule has 118 valence electrons. The van der Waals surface area contributed by atoms with Crippen molar-refractivity contribution in [1.82, 2.24) is 4.90 Å². The zero-order valence-electron chi connectivity index (χ0n) is 13.4. The summed E-state index contributed by atoms with van der Waals surface area (Å²) in [6.07, 6.45) is 8.25. The van der Waals surface area contributed by atoms with Crippen LogP contribution in [0.25, 0.3) is 0 Å². The van der Waals surface area contributed by atoms with E-state index in [2.05, 4.69) is 46.5 Å². The first-order valence-electron chi connectivity index (χ1n) is 8.26. The lowest BCUT2D eigenvalue weighted by atomic mass is 9.90. The van der Waals surface area contributed by atoms with Gasteiger partial charge in [0.05, 0.1) is 6.54 Å². The highest BCUT2D eigenvalue weighted by Crippen LogP contribution is 2.27. The summed E-state index contributed by atoms with van der Waals surface area (Å²) in [6, 6.07) is 6.46. The Bertz CT molecular complexity index is 589. The van der Waals surface area contributed by atoms with Crippen molar-refractivity contribution in [3.05, 3.63) is 41.0 Å². The van der Waals surface area contributed by atoms with E-state index < -0.39 is 0 Å². The van der Waals surface area contributed by atoms with Crippen LogP contribution in [0.1, 0.15) is 30.4 Å². The molecule has 0 bridgehead atoms. The van der Waals surface area contributed by atoms with Crippen molar-refractivity contribution >= 4 is 11.6 Å². The van der Waals surface area contributed by atoms with E-state index in [9.17, 15) is 0 Å². The van der Waals surface area contributed by atoms with Crippen LogP contribution in [0, 0.1) is 0 Å². The molecular weight excluding hydrogens is 272 g/mol. The Hall–Kier alpha value is -1.81. The van der Waals surface area contributed by atoms with Crippen LogP contribution in [0.3, 0.4) is 0 Å². The topological polar surface area (TPSA) is 53.6 Å². The molecule has 0 spiro atoms. The summed E-state index contributed by atoms with van der Waals surface area (Å²) < 4.78 is 0. The smallest absolute Gasteiger partial charge is 0.193 e. The maximum absolute atomic E-state index is 6.08. The highest BCUT2D eigenvalue weighted by Gasteiger charge is 2.13. The lowest BCUT2D eigenvalue weighted by Gasteiger charge is -2.21. The van der Waals surface area contributed by atoms with E-state index in [-0.39, 0.29) is 0 Å². The Labute approximate surface area is 133 Å². The molecule has 1 heterocycles. The van der Waals surface area contributed by atoms with Crippen LogP contribution in [-0.4, -0.2) is 37.5 Å². The first kappa shape index (κ1) is 15.1. The monoisotopic (exact) mass is 298 g/mol. The zero-order valence-corrected chi connectivity index (χ0v) is 13.4. The summed E-state index contributed by atoms with van der Waals surface area (Å²) in [5, 5.41) is 3.31. The third-order valence-electron chi connectivity index (χ3n) is 4.62. The second kappa shape index (κ2) is 6.97. The number of aryl methyl sites for hydroxylation is 1. The van der Waals surface area contributed by atoms with E-state index >= 15 is 0 Å². The number of rotatable bonds is 3. The van der Waals surface area contributed by atoms with E-state index in [4.69, 9.17) is 5.73 Å². The van der Waals surface area contributed by atoms with Crippen LogP contribution < -0.4 is 11.1 Å². The maximum Gasteiger partial charge on any atom is 0.193 e. The molecule has 0 saturated carbocycles. The standard InChI is InChI=1S/C18H26N4/c1-22-11-9-14(10-12-22)13-20-18(19)21-17-8-4-6-15-5-2-3-7-16(15)17/h4,6,8-9H,2-3,5,7,10-13H2,1H3,(H3,19,20,21). The third-order valence-corrected chi connectivity index (χ3v) is 4.62. The normalized spacial score (nSPS) is 19.5. The Morgan fingerprint density at radius 3 is 2.95 bits per heavy atom. The van der Waals surface area contributed by atoms with E-state index in [0.29, 0.717) is 12.5 Å². The minimum atomic E-state index is 0.527. The SMILES string of the molecule is CN1CC=C(CN=C(N)Nc2cccc3c2CCCC3)CC1. The van der Waals surface area contributed by atoms with Crippen LogP contribution >= 0.6 is 0 Å². The maximum atomic E-state index is 6.08. The van der Waals surface area contributed by atoms with E-state index in [0.717, 1.165) is 31.6 Å². The molecule has 1 aliphatic carbocycles. The number of anilines is 1. The number of fused-ring (bicyclic) bond motifs is 1. The fourth-order valence-corrected chi connectivity index (χ4v) is 3.22. The quantitative estimate of drug-likeness (QED) is 0.512. The Balaban J connectivity index is 1.64. The Kier molecular flexibility index (Phi) is 4.78. The summed E-state index contributed by atoms with van der Waals surface area (Å²) >= 11 is 0. The number of hydrogen-bond acceptors (Lipinski definition) is 2. The number of nitrogens with zero attached hydrogens (tertiary/aromatic N) is 2. The number of benzene rings is 1. The zero-order chi connectivity index (χ0) is 15.4. The average Bonchev–Trinajstić information content (AvgIpc) is 2.55. The molecule has 0 aromatic heterocycles. The second-order valence-electron chi connectivity index (χ2n) is 6.35. The lowest BCUT2D eigenvalue weighted by Crippen LogP contribution is -2.26. The molecule has 2 aliphatic rings. The number of likely N-dealkylation sites (N-methyl/N-ethyl adjacent to an activating group) is 1. The van der Waals surface area contributed by atoms with Gasteiger partial charge in [-0.05, 0) is 56.3 Å². The fraction of sp³-hybridized carbons (Fsp3) is 0.500. The van der Waals surface area contributed by atoms with Gasteiger partial charge in [-0.2, -0.15) is 0 Å². The Morgan fingerprint density at radius 2 is 2.14 bits per heavy atom. The van der Waals surface area contributed by atoms with Crippen molar-refractivity contribution in [2.75, 3.05) is 32.0 Å². The van der Waals surface area contributed by atoms with E-state index in [1.165, 1.54) is 36.0 Å². The summed E-state index contributed by atoms with van der Waals surface area (Å²) in [4.78, 5) is 6.82. The number of hydrogen-bond donors (Lipinski definition) is 2.